The van der Waals surface area contributed by atoms with Crippen LogP contribution in [0.25, 0.3) is 0 Å². The summed E-state index contributed by atoms with van der Waals surface area (Å²) < 4.78 is 5.52. The number of furan rings is 1. The highest BCUT2D eigenvalue weighted by atomic mass is 35.5. The number of benzene rings is 1. The van der Waals surface area contributed by atoms with Gasteiger partial charge in [-0.1, -0.05) is 29.3 Å². The van der Waals surface area contributed by atoms with Crippen molar-refractivity contribution in [1.29, 1.82) is 0 Å². The molecule has 4 nitrogen and oxygen atoms in total. The van der Waals surface area contributed by atoms with Gasteiger partial charge >= 0.3 is 0 Å². The summed E-state index contributed by atoms with van der Waals surface area (Å²) in [5, 5.41) is 4.15. The number of carbonyl (C=O) groups excluding carboxylic acids is 1. The summed E-state index contributed by atoms with van der Waals surface area (Å²) >= 11 is 12.0. The van der Waals surface area contributed by atoms with Gasteiger partial charge in [0.05, 0.1) is 7.05 Å². The molecule has 1 atom stereocenters. The predicted molar refractivity (Wildman–Crippen MR) is 92.1 cm³/mol. The van der Waals surface area contributed by atoms with Crippen LogP contribution in [0.3, 0.4) is 0 Å². The highest BCUT2D eigenvalue weighted by Crippen LogP contribution is 2.20. The zero-order chi connectivity index (χ0) is 16.8. The third-order valence-corrected chi connectivity index (χ3v) is 4.05. The maximum atomic E-state index is 12.0. The molecule has 0 saturated heterocycles. The van der Waals surface area contributed by atoms with Crippen molar-refractivity contribution in [3.8, 4) is 0 Å². The zero-order valence-corrected chi connectivity index (χ0v) is 14.8. The standard InChI is InChI=1S/C17H20Cl2N2O2/c1-12-3-6-15(23-12)10-21(2)11-17(22)20-8-7-13-4-5-14(18)9-16(13)19/h3-6,9H,7-8,10-11H2,1-2H3,(H,20,22)/p+1. The molecule has 2 aromatic rings. The average molecular weight is 356 g/mol. The number of rotatable bonds is 7. The van der Waals surface area contributed by atoms with Crippen LogP contribution in [0.5, 0.6) is 0 Å². The number of nitrogens with one attached hydrogen (secondary N) is 2. The Morgan fingerprint density at radius 3 is 2.70 bits per heavy atom. The molecule has 2 rings (SSSR count). The molecule has 0 spiro atoms. The molecule has 124 valence electrons. The van der Waals surface area contributed by atoms with Crippen LogP contribution in [0, 0.1) is 6.92 Å². The van der Waals surface area contributed by atoms with Crippen molar-refractivity contribution in [3.63, 3.8) is 0 Å². The summed E-state index contributed by atoms with van der Waals surface area (Å²) in [7, 11) is 1.97. The van der Waals surface area contributed by atoms with E-state index in [9.17, 15) is 4.79 Å². The van der Waals surface area contributed by atoms with Crippen molar-refractivity contribution in [1.82, 2.24) is 5.32 Å². The first-order chi connectivity index (χ1) is 10.9. The second kappa shape index (κ2) is 8.39. The zero-order valence-electron chi connectivity index (χ0n) is 13.3. The van der Waals surface area contributed by atoms with Gasteiger partial charge in [-0.3, -0.25) is 4.79 Å². The molecular formula is C17H21Cl2N2O2+. The van der Waals surface area contributed by atoms with E-state index >= 15 is 0 Å². The summed E-state index contributed by atoms with van der Waals surface area (Å²) in [5.41, 5.74) is 0.975. The molecule has 1 unspecified atom stereocenters. The largest absolute Gasteiger partial charge is 0.460 e. The van der Waals surface area contributed by atoms with E-state index in [1.807, 2.05) is 32.2 Å². The van der Waals surface area contributed by atoms with E-state index in [1.54, 1.807) is 12.1 Å². The summed E-state index contributed by atoms with van der Waals surface area (Å²) in [6.45, 7) is 3.54. The maximum absolute atomic E-state index is 12.0. The van der Waals surface area contributed by atoms with E-state index in [1.165, 1.54) is 0 Å². The smallest absolute Gasteiger partial charge is 0.275 e. The lowest BCUT2D eigenvalue weighted by Crippen LogP contribution is -3.08. The van der Waals surface area contributed by atoms with Crippen molar-refractivity contribution in [3.05, 3.63) is 57.5 Å². The molecule has 6 heteroatoms. The minimum atomic E-state index is 0.0101. The van der Waals surface area contributed by atoms with Crippen molar-refractivity contribution < 1.29 is 14.1 Å². The lowest BCUT2D eigenvalue weighted by atomic mass is 10.1. The third-order valence-electron chi connectivity index (χ3n) is 3.47. The van der Waals surface area contributed by atoms with E-state index in [0.29, 0.717) is 36.1 Å². The maximum Gasteiger partial charge on any atom is 0.275 e. The summed E-state index contributed by atoms with van der Waals surface area (Å²) in [5.74, 6) is 1.79. The quantitative estimate of drug-likeness (QED) is 0.800. The fourth-order valence-electron chi connectivity index (χ4n) is 2.34. The predicted octanol–water partition coefficient (Wildman–Crippen LogP) is 2.27. The Labute approximate surface area is 146 Å². The first-order valence-corrected chi connectivity index (χ1v) is 8.27. The van der Waals surface area contributed by atoms with Gasteiger partial charge in [-0.25, -0.2) is 0 Å². The molecule has 0 fully saturated rings. The van der Waals surface area contributed by atoms with E-state index in [-0.39, 0.29) is 5.91 Å². The molecule has 1 heterocycles. The van der Waals surface area contributed by atoms with Crippen LogP contribution in [-0.2, 0) is 17.8 Å². The molecule has 0 aliphatic rings. The molecule has 0 aliphatic carbocycles. The molecule has 23 heavy (non-hydrogen) atoms. The van der Waals surface area contributed by atoms with Crippen molar-refractivity contribution in [2.24, 2.45) is 0 Å². The van der Waals surface area contributed by atoms with Crippen LogP contribution in [-0.4, -0.2) is 26.0 Å². The van der Waals surface area contributed by atoms with E-state index < -0.39 is 0 Å². The molecule has 1 aromatic carbocycles. The fourth-order valence-corrected chi connectivity index (χ4v) is 2.84. The van der Waals surface area contributed by atoms with Gasteiger partial charge in [0.1, 0.15) is 12.3 Å². The molecule has 0 saturated carbocycles. The van der Waals surface area contributed by atoms with Gasteiger partial charge in [-0.2, -0.15) is 0 Å². The molecule has 0 radical (unpaired) electrons. The van der Waals surface area contributed by atoms with Crippen LogP contribution < -0.4 is 10.2 Å². The molecular weight excluding hydrogens is 335 g/mol. The second-order valence-electron chi connectivity index (χ2n) is 5.66. The first-order valence-electron chi connectivity index (χ1n) is 7.51. The van der Waals surface area contributed by atoms with Crippen LogP contribution in [0.2, 0.25) is 10.0 Å². The number of amides is 1. The molecule has 1 aromatic heterocycles. The Kier molecular flexibility index (Phi) is 6.51. The Bertz CT molecular complexity index is 670. The van der Waals surface area contributed by atoms with Gasteiger partial charge in [0.25, 0.3) is 5.91 Å². The Balaban J connectivity index is 1.72. The second-order valence-corrected chi connectivity index (χ2v) is 6.50. The van der Waals surface area contributed by atoms with E-state index in [2.05, 4.69) is 5.32 Å². The van der Waals surface area contributed by atoms with Gasteiger partial charge in [-0.15, -0.1) is 0 Å². The molecule has 1 amide bonds. The third kappa shape index (κ3) is 5.90. The highest BCUT2D eigenvalue weighted by molar-refractivity contribution is 6.35. The van der Waals surface area contributed by atoms with Gasteiger partial charge in [-0.05, 0) is 43.2 Å². The number of hydrogen-bond donors (Lipinski definition) is 2. The van der Waals surface area contributed by atoms with Crippen LogP contribution >= 0.6 is 23.2 Å². The topological polar surface area (TPSA) is 46.7 Å². The van der Waals surface area contributed by atoms with Gasteiger partial charge in [0.15, 0.2) is 12.3 Å². The van der Waals surface area contributed by atoms with Gasteiger partial charge in [0.2, 0.25) is 0 Å². The lowest BCUT2D eigenvalue weighted by Gasteiger charge is -2.12. The Hall–Kier alpha value is -1.49. The number of quaternary nitrogens is 1. The van der Waals surface area contributed by atoms with Gasteiger partial charge in [0, 0.05) is 16.6 Å². The van der Waals surface area contributed by atoms with Crippen LogP contribution in [0.4, 0.5) is 0 Å². The molecule has 0 bridgehead atoms. The molecule has 2 N–H and O–H groups in total. The number of halogens is 2. The minimum Gasteiger partial charge on any atom is -0.460 e. The van der Waals surface area contributed by atoms with Crippen molar-refractivity contribution in [2.45, 2.75) is 19.9 Å². The van der Waals surface area contributed by atoms with Crippen LogP contribution in [0.15, 0.2) is 34.7 Å². The van der Waals surface area contributed by atoms with E-state index in [0.717, 1.165) is 22.0 Å². The highest BCUT2D eigenvalue weighted by Gasteiger charge is 2.12. The Morgan fingerprint density at radius 2 is 2.04 bits per heavy atom. The minimum absolute atomic E-state index is 0.0101. The SMILES string of the molecule is Cc1ccc(C[NH+](C)CC(=O)NCCc2ccc(Cl)cc2Cl)o1. The monoisotopic (exact) mass is 355 g/mol. The fraction of sp³-hybridized carbons (Fsp3) is 0.353. The summed E-state index contributed by atoms with van der Waals surface area (Å²) in [6, 6.07) is 9.27. The number of carbonyl (C=O) groups is 1. The number of hydrogen-bond acceptors (Lipinski definition) is 2. The number of aryl methyl sites for hydroxylation is 1. The first kappa shape index (κ1) is 17.9. The average Bonchev–Trinajstić information content (AvgIpc) is 2.86. The normalized spacial score (nSPS) is 12.2. The summed E-state index contributed by atoms with van der Waals surface area (Å²) in [6.07, 6.45) is 0.679. The van der Waals surface area contributed by atoms with E-state index in [4.69, 9.17) is 27.6 Å². The van der Waals surface area contributed by atoms with Crippen molar-refractivity contribution in [2.75, 3.05) is 20.1 Å². The van der Waals surface area contributed by atoms with Crippen LogP contribution in [0.1, 0.15) is 17.1 Å². The molecule has 0 aliphatic heterocycles. The number of likely N-dealkylation sites (N-methyl/N-ethyl adjacent to an activating group) is 1. The Morgan fingerprint density at radius 1 is 1.26 bits per heavy atom. The summed E-state index contributed by atoms with van der Waals surface area (Å²) in [4.78, 5) is 13.0. The van der Waals surface area contributed by atoms with Crippen molar-refractivity contribution >= 4 is 29.1 Å². The lowest BCUT2D eigenvalue weighted by molar-refractivity contribution is -0.886. The van der Waals surface area contributed by atoms with Gasteiger partial charge < -0.3 is 14.6 Å².